The summed E-state index contributed by atoms with van der Waals surface area (Å²) in [5.41, 5.74) is 0.0922. The number of benzene rings is 2. The number of hydrogen-bond donors (Lipinski definition) is 0. The molecule has 1 aliphatic heterocycles. The third-order valence-electron chi connectivity index (χ3n) is 4.29. The van der Waals surface area contributed by atoms with Gasteiger partial charge < -0.3 is 14.2 Å². The number of hydrogen-bond acceptors (Lipinski definition) is 5. The fourth-order valence-electron chi connectivity index (χ4n) is 2.95. The average Bonchev–Trinajstić information content (AvgIpc) is 2.85. The van der Waals surface area contributed by atoms with E-state index in [0.29, 0.717) is 11.5 Å². The first-order valence-corrected chi connectivity index (χ1v) is 9.00. The molecule has 132 valence electrons. The highest BCUT2D eigenvalue weighted by atomic mass is 32.2. The molecule has 0 saturated carbocycles. The summed E-state index contributed by atoms with van der Waals surface area (Å²) in [5.74, 6) is 1.38. The summed E-state index contributed by atoms with van der Waals surface area (Å²) in [6, 6.07) is 15.6. The Bertz CT molecular complexity index is 758. The molecule has 0 aliphatic carbocycles. The first kappa shape index (κ1) is 17.8. The molecule has 1 aliphatic rings. The largest absolute Gasteiger partial charge is 0.493 e. The van der Waals surface area contributed by atoms with E-state index in [0.717, 1.165) is 10.5 Å². The molecule has 0 aromatic heterocycles. The third-order valence-corrected chi connectivity index (χ3v) is 5.55. The van der Waals surface area contributed by atoms with Crippen LogP contribution in [0.1, 0.15) is 25.5 Å². The second-order valence-corrected chi connectivity index (χ2v) is 7.59. The lowest BCUT2D eigenvalue weighted by atomic mass is 10.00. The lowest BCUT2D eigenvalue weighted by Crippen LogP contribution is -2.30. The first-order chi connectivity index (χ1) is 12.0. The minimum Gasteiger partial charge on any atom is -0.493 e. The summed E-state index contributed by atoms with van der Waals surface area (Å²) in [5, 5.41) is -0.310. The summed E-state index contributed by atoms with van der Waals surface area (Å²) in [6.45, 7) is 3.66. The van der Waals surface area contributed by atoms with Gasteiger partial charge in [-0.05, 0) is 43.7 Å². The number of thioether (sulfide) groups is 1. The van der Waals surface area contributed by atoms with E-state index >= 15 is 0 Å². The van der Waals surface area contributed by atoms with Crippen molar-refractivity contribution in [1.82, 2.24) is 0 Å². The Morgan fingerprint density at radius 1 is 1.00 bits per heavy atom. The van der Waals surface area contributed by atoms with E-state index in [-0.39, 0.29) is 17.1 Å². The van der Waals surface area contributed by atoms with Crippen LogP contribution < -0.4 is 9.47 Å². The van der Waals surface area contributed by atoms with Crippen LogP contribution in [-0.4, -0.2) is 30.9 Å². The Labute approximate surface area is 152 Å². The van der Waals surface area contributed by atoms with E-state index in [2.05, 4.69) is 0 Å². The number of carbonyl (C=O) groups is 1. The lowest BCUT2D eigenvalue weighted by molar-refractivity contribution is -0.129. The molecule has 0 spiro atoms. The van der Waals surface area contributed by atoms with Crippen LogP contribution in [0.2, 0.25) is 0 Å². The van der Waals surface area contributed by atoms with Crippen LogP contribution in [-0.2, 0) is 9.53 Å². The number of ketones is 1. The highest BCUT2D eigenvalue weighted by molar-refractivity contribution is 8.00. The number of rotatable bonds is 5. The highest BCUT2D eigenvalue weighted by Gasteiger charge is 2.49. The van der Waals surface area contributed by atoms with E-state index in [4.69, 9.17) is 14.2 Å². The summed E-state index contributed by atoms with van der Waals surface area (Å²) in [6.07, 6.45) is -0.340. The lowest BCUT2D eigenvalue weighted by Gasteiger charge is -2.20. The zero-order valence-electron chi connectivity index (χ0n) is 14.8. The fourth-order valence-corrected chi connectivity index (χ4v) is 4.29. The van der Waals surface area contributed by atoms with E-state index in [9.17, 15) is 4.79 Å². The smallest absolute Gasteiger partial charge is 0.180 e. The van der Waals surface area contributed by atoms with Crippen LogP contribution in [0.15, 0.2) is 53.4 Å². The van der Waals surface area contributed by atoms with Crippen LogP contribution in [0.4, 0.5) is 0 Å². The molecule has 25 heavy (non-hydrogen) atoms. The summed E-state index contributed by atoms with van der Waals surface area (Å²) >= 11 is 1.54. The zero-order chi connectivity index (χ0) is 18.0. The molecule has 2 aromatic rings. The minimum absolute atomic E-state index is 0.0983. The maximum absolute atomic E-state index is 12.9. The van der Waals surface area contributed by atoms with Gasteiger partial charge in [0.05, 0.1) is 14.2 Å². The molecular formula is C20H22O4S. The second-order valence-electron chi connectivity index (χ2n) is 6.38. The molecule has 0 N–H and O–H groups in total. The quantitative estimate of drug-likeness (QED) is 0.798. The normalized spacial score (nSPS) is 22.0. The molecule has 2 atom stereocenters. The molecule has 3 rings (SSSR count). The van der Waals surface area contributed by atoms with Gasteiger partial charge in [-0.15, -0.1) is 11.8 Å². The first-order valence-electron chi connectivity index (χ1n) is 8.12. The second kappa shape index (κ2) is 7.10. The van der Waals surface area contributed by atoms with Crippen molar-refractivity contribution in [1.29, 1.82) is 0 Å². The fraction of sp³-hybridized carbons (Fsp3) is 0.350. The van der Waals surface area contributed by atoms with Gasteiger partial charge in [0.1, 0.15) is 17.0 Å². The number of methoxy groups -OCH3 is 2. The highest BCUT2D eigenvalue weighted by Crippen LogP contribution is 2.46. The summed E-state index contributed by atoms with van der Waals surface area (Å²) in [4.78, 5) is 13.9. The van der Waals surface area contributed by atoms with Crippen molar-refractivity contribution in [2.24, 2.45) is 0 Å². The Hall–Kier alpha value is -1.98. The van der Waals surface area contributed by atoms with Crippen LogP contribution in [0, 0.1) is 0 Å². The Balaban J connectivity index is 1.96. The van der Waals surface area contributed by atoms with Gasteiger partial charge in [0.25, 0.3) is 0 Å². The maximum Gasteiger partial charge on any atom is 0.180 e. The molecule has 0 bridgehead atoms. The van der Waals surface area contributed by atoms with Gasteiger partial charge in [-0.2, -0.15) is 0 Å². The van der Waals surface area contributed by atoms with Crippen LogP contribution in [0.3, 0.4) is 0 Å². The van der Waals surface area contributed by atoms with Crippen molar-refractivity contribution < 1.29 is 19.0 Å². The predicted octanol–water partition coefficient (Wildman–Crippen LogP) is 4.28. The minimum atomic E-state index is -0.815. The Morgan fingerprint density at radius 2 is 1.68 bits per heavy atom. The monoisotopic (exact) mass is 358 g/mol. The summed E-state index contributed by atoms with van der Waals surface area (Å²) in [7, 11) is 3.20. The van der Waals surface area contributed by atoms with Crippen molar-refractivity contribution in [3.63, 3.8) is 0 Å². The van der Waals surface area contributed by atoms with E-state index in [1.165, 1.54) is 0 Å². The van der Waals surface area contributed by atoms with E-state index < -0.39 is 5.60 Å². The van der Waals surface area contributed by atoms with Crippen molar-refractivity contribution in [3.8, 4) is 11.5 Å². The maximum atomic E-state index is 12.9. The molecule has 1 saturated heterocycles. The molecule has 2 aromatic carbocycles. The van der Waals surface area contributed by atoms with Gasteiger partial charge in [0.2, 0.25) is 0 Å². The van der Waals surface area contributed by atoms with Gasteiger partial charge in [-0.1, -0.05) is 24.3 Å². The van der Waals surface area contributed by atoms with Gasteiger partial charge >= 0.3 is 0 Å². The Morgan fingerprint density at radius 3 is 2.32 bits per heavy atom. The van der Waals surface area contributed by atoms with E-state index in [1.54, 1.807) is 26.0 Å². The number of ether oxygens (including phenoxy) is 3. The van der Waals surface area contributed by atoms with Gasteiger partial charge in [0.15, 0.2) is 17.3 Å². The standard InChI is InChI=1S/C20H22O4S/c1-20(2)19(21)18(25-14-8-6-5-7-9-14)17(24-20)13-10-11-15(22-3)16(12-13)23-4/h5-12,17-18H,1-4H3/t17-,18-/m0/s1. The molecule has 4 nitrogen and oxygen atoms in total. The predicted molar refractivity (Wildman–Crippen MR) is 98.5 cm³/mol. The summed E-state index contributed by atoms with van der Waals surface area (Å²) < 4.78 is 16.8. The SMILES string of the molecule is COc1ccc([C@@H]2OC(C)(C)C(=O)[C@H]2Sc2ccccc2)cc1OC. The molecule has 0 amide bonds. The van der Waals surface area contributed by atoms with Crippen molar-refractivity contribution in [2.45, 2.75) is 35.7 Å². The zero-order valence-corrected chi connectivity index (χ0v) is 15.6. The molecule has 1 fully saturated rings. The number of carbonyl (C=O) groups excluding carboxylic acids is 1. The molecule has 5 heteroatoms. The van der Waals surface area contributed by atoms with Crippen LogP contribution in [0.25, 0.3) is 0 Å². The van der Waals surface area contributed by atoms with Gasteiger partial charge in [-0.3, -0.25) is 4.79 Å². The van der Waals surface area contributed by atoms with E-state index in [1.807, 2.05) is 62.4 Å². The molecular weight excluding hydrogens is 336 g/mol. The molecule has 0 radical (unpaired) electrons. The van der Waals surface area contributed by atoms with Crippen LogP contribution in [0.5, 0.6) is 11.5 Å². The number of Topliss-reactive ketones (excluding diaryl/α,β-unsaturated/α-hetero) is 1. The van der Waals surface area contributed by atoms with Gasteiger partial charge in [0, 0.05) is 4.90 Å². The average molecular weight is 358 g/mol. The van der Waals surface area contributed by atoms with Crippen LogP contribution >= 0.6 is 11.8 Å². The molecule has 0 unspecified atom stereocenters. The van der Waals surface area contributed by atoms with Crippen molar-refractivity contribution >= 4 is 17.5 Å². The topological polar surface area (TPSA) is 44.8 Å². The van der Waals surface area contributed by atoms with Crippen molar-refractivity contribution in [3.05, 3.63) is 54.1 Å². The Kier molecular flexibility index (Phi) is 5.06. The molecule has 1 heterocycles. The van der Waals surface area contributed by atoms with Crippen molar-refractivity contribution in [2.75, 3.05) is 14.2 Å². The van der Waals surface area contributed by atoms with Gasteiger partial charge in [-0.25, -0.2) is 0 Å². The third kappa shape index (κ3) is 3.53.